The molecule has 0 aliphatic carbocycles. The van der Waals surface area contributed by atoms with Crippen LogP contribution >= 0.6 is 11.6 Å². The van der Waals surface area contributed by atoms with Gasteiger partial charge >= 0.3 is 0 Å². The minimum Gasteiger partial charge on any atom is -0.378 e. The first kappa shape index (κ1) is 18.0. The third-order valence-corrected chi connectivity index (χ3v) is 6.50. The summed E-state index contributed by atoms with van der Waals surface area (Å²) < 4.78 is 5.51. The summed E-state index contributed by atoms with van der Waals surface area (Å²) in [6.07, 6.45) is 0. The highest BCUT2D eigenvalue weighted by Gasteiger charge is 2.27. The van der Waals surface area contributed by atoms with Crippen LogP contribution in [0.4, 0.5) is 5.69 Å². The average Bonchev–Trinajstić information content (AvgIpc) is 2.74. The van der Waals surface area contributed by atoms with Crippen LogP contribution in [0.2, 0.25) is 5.02 Å². The summed E-state index contributed by atoms with van der Waals surface area (Å²) in [6.45, 7) is 5.53. The van der Waals surface area contributed by atoms with E-state index in [0.29, 0.717) is 5.92 Å². The Hall–Kier alpha value is -2.07. The standard InChI is InChI=1S/C24H25ClN2O/c1-26-15-18-14-19(27-10-12-28-13-11-27)7-9-20(18)23(16-26)22-8-6-17-4-2-3-5-21(17)24(22)25/h2-9,14,23H,10-13,15-16H2,1H3. The van der Waals surface area contributed by atoms with Crippen molar-refractivity contribution in [3.05, 3.63) is 76.3 Å². The lowest BCUT2D eigenvalue weighted by Crippen LogP contribution is -2.37. The first-order valence-corrected chi connectivity index (χ1v) is 10.4. The lowest BCUT2D eigenvalue weighted by atomic mass is 9.83. The molecule has 1 fully saturated rings. The molecule has 3 nitrogen and oxygen atoms in total. The maximum absolute atomic E-state index is 6.90. The number of fused-ring (bicyclic) bond motifs is 2. The Kier molecular flexibility index (Phi) is 4.75. The second-order valence-corrected chi connectivity index (χ2v) is 8.30. The molecule has 0 aromatic heterocycles. The Morgan fingerprint density at radius 3 is 2.61 bits per heavy atom. The summed E-state index contributed by atoms with van der Waals surface area (Å²) in [6, 6.07) is 19.8. The zero-order valence-corrected chi connectivity index (χ0v) is 17.0. The number of morpholine rings is 1. The Balaban J connectivity index is 1.56. The van der Waals surface area contributed by atoms with Crippen LogP contribution in [-0.4, -0.2) is 44.8 Å². The van der Waals surface area contributed by atoms with Crippen molar-refractivity contribution < 1.29 is 4.74 Å². The molecule has 0 radical (unpaired) electrons. The SMILES string of the molecule is CN1Cc2cc(N3CCOCC3)ccc2C(c2ccc3ccccc3c2Cl)C1. The maximum Gasteiger partial charge on any atom is 0.0642 e. The van der Waals surface area contributed by atoms with Gasteiger partial charge in [-0.25, -0.2) is 0 Å². The molecule has 3 aromatic rings. The lowest BCUT2D eigenvalue weighted by Gasteiger charge is -2.35. The second kappa shape index (κ2) is 7.40. The summed E-state index contributed by atoms with van der Waals surface area (Å²) >= 11 is 6.90. The topological polar surface area (TPSA) is 15.7 Å². The number of anilines is 1. The summed E-state index contributed by atoms with van der Waals surface area (Å²) in [7, 11) is 2.20. The van der Waals surface area contributed by atoms with Gasteiger partial charge in [-0.1, -0.05) is 54.1 Å². The third kappa shape index (κ3) is 3.18. The van der Waals surface area contributed by atoms with Crippen molar-refractivity contribution in [2.45, 2.75) is 12.5 Å². The van der Waals surface area contributed by atoms with Crippen molar-refractivity contribution in [1.82, 2.24) is 4.90 Å². The summed E-state index contributed by atoms with van der Waals surface area (Å²) in [4.78, 5) is 4.83. The molecule has 1 saturated heterocycles. The van der Waals surface area contributed by atoms with Gasteiger partial charge < -0.3 is 14.5 Å². The molecule has 3 aromatic carbocycles. The van der Waals surface area contributed by atoms with E-state index in [9.17, 15) is 0 Å². The van der Waals surface area contributed by atoms with E-state index in [-0.39, 0.29) is 0 Å². The van der Waals surface area contributed by atoms with Crippen LogP contribution in [0.3, 0.4) is 0 Å². The van der Waals surface area contributed by atoms with Gasteiger partial charge in [-0.3, -0.25) is 0 Å². The molecule has 1 unspecified atom stereocenters. The van der Waals surface area contributed by atoms with Crippen LogP contribution in [0.5, 0.6) is 0 Å². The van der Waals surface area contributed by atoms with Crippen LogP contribution in [0.15, 0.2) is 54.6 Å². The molecule has 1 atom stereocenters. The van der Waals surface area contributed by atoms with E-state index in [1.54, 1.807) is 0 Å². The van der Waals surface area contributed by atoms with Crippen molar-refractivity contribution in [1.29, 1.82) is 0 Å². The normalized spacial score (nSPS) is 20.4. The van der Waals surface area contributed by atoms with Crippen molar-refractivity contribution in [2.24, 2.45) is 0 Å². The molecular formula is C24H25ClN2O. The van der Waals surface area contributed by atoms with E-state index in [2.05, 4.69) is 71.4 Å². The maximum atomic E-state index is 6.90. The number of hydrogen-bond acceptors (Lipinski definition) is 3. The van der Waals surface area contributed by atoms with Crippen molar-refractivity contribution >= 4 is 28.1 Å². The molecule has 5 rings (SSSR count). The van der Waals surface area contributed by atoms with Gasteiger partial charge in [0.15, 0.2) is 0 Å². The van der Waals surface area contributed by atoms with Gasteiger partial charge in [0.05, 0.1) is 18.2 Å². The monoisotopic (exact) mass is 392 g/mol. The number of nitrogens with zero attached hydrogens (tertiary/aromatic N) is 2. The van der Waals surface area contributed by atoms with E-state index >= 15 is 0 Å². The van der Waals surface area contributed by atoms with Gasteiger partial charge in [-0.2, -0.15) is 0 Å². The Morgan fingerprint density at radius 1 is 0.964 bits per heavy atom. The fraction of sp³-hybridized carbons (Fsp3) is 0.333. The minimum atomic E-state index is 0.296. The Labute approximate surface area is 171 Å². The number of likely N-dealkylation sites (N-methyl/N-ethyl adjacent to an activating group) is 1. The van der Waals surface area contributed by atoms with Crippen LogP contribution in [0.1, 0.15) is 22.6 Å². The van der Waals surface area contributed by atoms with Crippen LogP contribution in [0.25, 0.3) is 10.8 Å². The smallest absolute Gasteiger partial charge is 0.0642 e. The lowest BCUT2D eigenvalue weighted by molar-refractivity contribution is 0.122. The Morgan fingerprint density at radius 2 is 1.75 bits per heavy atom. The highest BCUT2D eigenvalue weighted by atomic mass is 35.5. The first-order valence-electron chi connectivity index (χ1n) is 10.0. The predicted octanol–water partition coefficient (Wildman–Crippen LogP) is 4.91. The molecule has 0 amide bonds. The average molecular weight is 393 g/mol. The Bertz CT molecular complexity index is 1010. The molecule has 0 saturated carbocycles. The highest BCUT2D eigenvalue weighted by molar-refractivity contribution is 6.36. The molecule has 144 valence electrons. The van der Waals surface area contributed by atoms with Crippen LogP contribution < -0.4 is 4.90 Å². The zero-order valence-electron chi connectivity index (χ0n) is 16.2. The molecule has 0 bridgehead atoms. The molecule has 28 heavy (non-hydrogen) atoms. The molecular weight excluding hydrogens is 368 g/mol. The van der Waals surface area contributed by atoms with Crippen molar-refractivity contribution in [2.75, 3.05) is 44.8 Å². The minimum absolute atomic E-state index is 0.296. The summed E-state index contributed by atoms with van der Waals surface area (Å²) in [5.74, 6) is 0.296. The number of benzene rings is 3. The molecule has 4 heteroatoms. The van der Waals surface area contributed by atoms with E-state index in [0.717, 1.165) is 49.8 Å². The number of hydrogen-bond donors (Lipinski definition) is 0. The van der Waals surface area contributed by atoms with Gasteiger partial charge in [0.25, 0.3) is 0 Å². The van der Waals surface area contributed by atoms with Crippen LogP contribution in [-0.2, 0) is 11.3 Å². The molecule has 0 N–H and O–H groups in total. The first-order chi connectivity index (χ1) is 13.7. The largest absolute Gasteiger partial charge is 0.378 e. The molecule has 2 aliphatic heterocycles. The molecule has 2 heterocycles. The summed E-state index contributed by atoms with van der Waals surface area (Å²) in [5, 5.41) is 3.23. The van der Waals surface area contributed by atoms with Crippen molar-refractivity contribution in [3.8, 4) is 0 Å². The van der Waals surface area contributed by atoms with Gasteiger partial charge in [-0.05, 0) is 41.3 Å². The number of rotatable bonds is 2. The number of halogens is 1. The fourth-order valence-electron chi connectivity index (χ4n) is 4.64. The van der Waals surface area contributed by atoms with E-state index in [1.807, 2.05) is 0 Å². The number of ether oxygens (including phenoxy) is 1. The predicted molar refractivity (Wildman–Crippen MR) is 117 cm³/mol. The zero-order chi connectivity index (χ0) is 19.1. The third-order valence-electron chi connectivity index (χ3n) is 6.08. The van der Waals surface area contributed by atoms with E-state index in [1.165, 1.54) is 27.8 Å². The van der Waals surface area contributed by atoms with Gasteiger partial charge in [0, 0.05) is 43.2 Å². The van der Waals surface area contributed by atoms with E-state index < -0.39 is 0 Å². The highest BCUT2D eigenvalue weighted by Crippen LogP contribution is 2.40. The van der Waals surface area contributed by atoms with E-state index in [4.69, 9.17) is 16.3 Å². The quantitative estimate of drug-likeness (QED) is 0.616. The van der Waals surface area contributed by atoms with Crippen LogP contribution in [0, 0.1) is 0 Å². The van der Waals surface area contributed by atoms with Gasteiger partial charge in [0.2, 0.25) is 0 Å². The molecule has 0 spiro atoms. The second-order valence-electron chi connectivity index (χ2n) is 7.92. The van der Waals surface area contributed by atoms with Crippen molar-refractivity contribution in [3.63, 3.8) is 0 Å². The fourth-order valence-corrected chi connectivity index (χ4v) is 5.00. The molecule has 2 aliphatic rings. The summed E-state index contributed by atoms with van der Waals surface area (Å²) in [5.41, 5.74) is 5.35. The van der Waals surface area contributed by atoms with Gasteiger partial charge in [-0.15, -0.1) is 0 Å². The van der Waals surface area contributed by atoms with Gasteiger partial charge in [0.1, 0.15) is 0 Å².